The number of carbonyl (C=O) groups excluding carboxylic acids is 2. The van der Waals surface area contributed by atoms with Gasteiger partial charge in [0.05, 0.1) is 6.54 Å². The van der Waals surface area contributed by atoms with E-state index in [0.29, 0.717) is 29.7 Å². The molecule has 5 rings (SSSR count). The van der Waals surface area contributed by atoms with Crippen molar-refractivity contribution in [1.29, 1.82) is 0 Å². The van der Waals surface area contributed by atoms with Crippen molar-refractivity contribution in [2.75, 3.05) is 18.0 Å². The first-order valence-electron chi connectivity index (χ1n) is 10.8. The number of hydrogen-bond acceptors (Lipinski definition) is 5. The summed E-state index contributed by atoms with van der Waals surface area (Å²) in [5.74, 6) is 1.22. The highest BCUT2D eigenvalue weighted by Gasteiger charge is 2.25. The average Bonchev–Trinajstić information content (AvgIpc) is 3.57. The van der Waals surface area contributed by atoms with Crippen molar-refractivity contribution in [3.63, 3.8) is 0 Å². The molecule has 1 N–H and O–H groups in total. The number of nitrogens with one attached hydrogen (secondary N) is 1. The van der Waals surface area contributed by atoms with Crippen molar-refractivity contribution >= 4 is 17.5 Å². The van der Waals surface area contributed by atoms with Crippen LogP contribution in [0.25, 0.3) is 11.4 Å². The zero-order valence-corrected chi connectivity index (χ0v) is 17.2. The Balaban J connectivity index is 1.19. The Morgan fingerprint density at radius 3 is 2.65 bits per heavy atom. The number of amides is 2. The molecule has 7 heteroatoms. The van der Waals surface area contributed by atoms with E-state index in [4.69, 9.17) is 4.52 Å². The molecule has 31 heavy (non-hydrogen) atoms. The molecule has 2 aromatic carbocycles. The lowest BCUT2D eigenvalue weighted by Gasteiger charge is -2.17. The zero-order valence-electron chi connectivity index (χ0n) is 17.2. The van der Waals surface area contributed by atoms with Crippen LogP contribution in [0.2, 0.25) is 0 Å². The molecule has 2 amide bonds. The first kappa shape index (κ1) is 19.5. The highest BCUT2D eigenvalue weighted by Crippen LogP contribution is 2.34. The molecule has 1 aliphatic carbocycles. The Bertz CT molecular complexity index is 1100. The minimum Gasteiger partial charge on any atom is -0.343 e. The first-order valence-corrected chi connectivity index (χ1v) is 10.8. The minimum absolute atomic E-state index is 0.0372. The van der Waals surface area contributed by atoms with Gasteiger partial charge >= 0.3 is 0 Å². The minimum atomic E-state index is -0.285. The van der Waals surface area contributed by atoms with E-state index in [0.717, 1.165) is 36.1 Å². The van der Waals surface area contributed by atoms with Crippen LogP contribution in [0.4, 0.5) is 5.69 Å². The standard InChI is InChI=1S/C24H24N4O3/c29-21(28-14-13-16-5-3-4-8-20(16)28)15-25-23(30)18-11-9-17(10-12-18)22-26-24(31-27-22)19-6-1-2-7-19/h3-5,8-12,19H,1-2,6-7,13-15H2,(H,25,30). The van der Waals surface area contributed by atoms with Gasteiger partial charge in [-0.25, -0.2) is 0 Å². The van der Waals surface area contributed by atoms with E-state index in [-0.39, 0.29) is 18.4 Å². The number of rotatable bonds is 5. The lowest BCUT2D eigenvalue weighted by Crippen LogP contribution is -2.39. The van der Waals surface area contributed by atoms with Gasteiger partial charge in [-0.3, -0.25) is 9.59 Å². The van der Waals surface area contributed by atoms with E-state index < -0.39 is 0 Å². The molecule has 0 radical (unpaired) electrons. The maximum atomic E-state index is 12.6. The van der Waals surface area contributed by atoms with E-state index in [1.165, 1.54) is 12.8 Å². The number of carbonyl (C=O) groups is 2. The van der Waals surface area contributed by atoms with Gasteiger partial charge in [-0.2, -0.15) is 4.98 Å². The molecular formula is C24H24N4O3. The first-order chi connectivity index (χ1) is 15.2. The fraction of sp³-hybridized carbons (Fsp3) is 0.333. The van der Waals surface area contributed by atoms with Gasteiger partial charge in [-0.1, -0.05) is 48.3 Å². The van der Waals surface area contributed by atoms with Crippen LogP contribution in [0.15, 0.2) is 53.1 Å². The van der Waals surface area contributed by atoms with Crippen LogP contribution < -0.4 is 10.2 Å². The summed E-state index contributed by atoms with van der Waals surface area (Å²) >= 11 is 0. The zero-order chi connectivity index (χ0) is 21.2. The molecule has 0 atom stereocenters. The Morgan fingerprint density at radius 1 is 1.06 bits per heavy atom. The van der Waals surface area contributed by atoms with Crippen LogP contribution in [-0.2, 0) is 11.2 Å². The number of fused-ring (bicyclic) bond motifs is 1. The van der Waals surface area contributed by atoms with Gasteiger partial charge in [0, 0.05) is 29.3 Å². The average molecular weight is 416 g/mol. The number of aromatic nitrogens is 2. The molecular weight excluding hydrogens is 392 g/mol. The normalized spacial score (nSPS) is 15.8. The molecule has 1 aliphatic heterocycles. The third-order valence-electron chi connectivity index (χ3n) is 6.14. The topological polar surface area (TPSA) is 88.3 Å². The molecule has 2 heterocycles. The second-order valence-corrected chi connectivity index (χ2v) is 8.12. The Kier molecular flexibility index (Phi) is 5.24. The van der Waals surface area contributed by atoms with Gasteiger partial charge in [-0.15, -0.1) is 0 Å². The predicted octanol–water partition coefficient (Wildman–Crippen LogP) is 3.71. The van der Waals surface area contributed by atoms with Crippen LogP contribution >= 0.6 is 0 Å². The second kappa shape index (κ2) is 8.34. The molecule has 1 saturated carbocycles. The van der Waals surface area contributed by atoms with E-state index in [1.807, 2.05) is 24.3 Å². The summed E-state index contributed by atoms with van der Waals surface area (Å²) in [6.45, 7) is 0.612. The van der Waals surface area contributed by atoms with Crippen molar-refractivity contribution in [1.82, 2.24) is 15.5 Å². The lowest BCUT2D eigenvalue weighted by molar-refractivity contribution is -0.117. The molecule has 0 spiro atoms. The van der Waals surface area contributed by atoms with E-state index in [1.54, 1.807) is 29.2 Å². The largest absolute Gasteiger partial charge is 0.343 e. The quantitative estimate of drug-likeness (QED) is 0.685. The molecule has 7 nitrogen and oxygen atoms in total. The van der Waals surface area contributed by atoms with Crippen molar-refractivity contribution < 1.29 is 14.1 Å². The maximum Gasteiger partial charge on any atom is 0.251 e. The van der Waals surface area contributed by atoms with E-state index in [2.05, 4.69) is 15.5 Å². The fourth-order valence-corrected chi connectivity index (χ4v) is 4.41. The number of benzene rings is 2. The highest BCUT2D eigenvalue weighted by molar-refractivity contribution is 6.01. The van der Waals surface area contributed by atoms with Gasteiger partial charge in [0.1, 0.15) is 0 Å². The van der Waals surface area contributed by atoms with Crippen molar-refractivity contribution in [3.8, 4) is 11.4 Å². The van der Waals surface area contributed by atoms with E-state index >= 15 is 0 Å². The highest BCUT2D eigenvalue weighted by atomic mass is 16.5. The molecule has 2 aliphatic rings. The number of hydrogen-bond donors (Lipinski definition) is 1. The monoisotopic (exact) mass is 416 g/mol. The van der Waals surface area contributed by atoms with E-state index in [9.17, 15) is 9.59 Å². The number of anilines is 1. The van der Waals surface area contributed by atoms with Gasteiger partial charge in [0.2, 0.25) is 17.6 Å². The van der Waals surface area contributed by atoms with Crippen molar-refractivity contribution in [3.05, 3.63) is 65.5 Å². The van der Waals surface area contributed by atoms with Crippen LogP contribution in [0, 0.1) is 0 Å². The molecule has 158 valence electrons. The third-order valence-corrected chi connectivity index (χ3v) is 6.14. The summed E-state index contributed by atoms with van der Waals surface area (Å²) in [5.41, 5.74) is 3.38. The second-order valence-electron chi connectivity index (χ2n) is 8.12. The van der Waals surface area contributed by atoms with Crippen LogP contribution in [-0.4, -0.2) is 35.0 Å². The summed E-state index contributed by atoms with van der Waals surface area (Å²) in [6, 6.07) is 14.9. The summed E-state index contributed by atoms with van der Waals surface area (Å²) in [5, 5.41) is 6.82. The molecule has 0 unspecified atom stereocenters. The van der Waals surface area contributed by atoms with Crippen molar-refractivity contribution in [2.24, 2.45) is 0 Å². The molecule has 0 saturated heterocycles. The number of para-hydroxylation sites is 1. The fourth-order valence-electron chi connectivity index (χ4n) is 4.41. The molecule has 0 bridgehead atoms. The van der Waals surface area contributed by atoms with Crippen LogP contribution in [0.3, 0.4) is 0 Å². The SMILES string of the molecule is O=C(NCC(=O)N1CCc2ccccc21)c1ccc(-c2noc(C3CCCC3)n2)cc1. The molecule has 3 aromatic rings. The summed E-state index contributed by atoms with van der Waals surface area (Å²) in [6.07, 6.45) is 5.46. The van der Waals surface area contributed by atoms with Gasteiger partial charge in [-0.05, 0) is 43.0 Å². The predicted molar refractivity (Wildman–Crippen MR) is 116 cm³/mol. The molecule has 1 aromatic heterocycles. The lowest BCUT2D eigenvalue weighted by atomic mass is 10.1. The summed E-state index contributed by atoms with van der Waals surface area (Å²) in [4.78, 5) is 31.3. The smallest absolute Gasteiger partial charge is 0.251 e. The summed E-state index contributed by atoms with van der Waals surface area (Å²) in [7, 11) is 0. The van der Waals surface area contributed by atoms with Gasteiger partial charge < -0.3 is 14.7 Å². The van der Waals surface area contributed by atoms with Gasteiger partial charge in [0.25, 0.3) is 5.91 Å². The molecule has 1 fully saturated rings. The maximum absolute atomic E-state index is 12.6. The van der Waals surface area contributed by atoms with Crippen LogP contribution in [0.1, 0.15) is 53.4 Å². The Morgan fingerprint density at radius 2 is 1.84 bits per heavy atom. The third kappa shape index (κ3) is 3.95. The van der Waals surface area contributed by atoms with Crippen molar-refractivity contribution in [2.45, 2.75) is 38.0 Å². The van der Waals surface area contributed by atoms with Gasteiger partial charge in [0.15, 0.2) is 0 Å². The van der Waals surface area contributed by atoms with Crippen LogP contribution in [0.5, 0.6) is 0 Å². The Hall–Kier alpha value is -3.48. The Labute approximate surface area is 180 Å². The number of nitrogens with zero attached hydrogens (tertiary/aromatic N) is 3. The summed E-state index contributed by atoms with van der Waals surface area (Å²) < 4.78 is 5.44.